The van der Waals surface area contributed by atoms with Crippen molar-refractivity contribution in [3.8, 4) is 0 Å². The van der Waals surface area contributed by atoms with E-state index in [-0.39, 0.29) is 0 Å². The van der Waals surface area contributed by atoms with Gasteiger partial charge in [-0.15, -0.1) is 11.6 Å². The second kappa shape index (κ2) is 5.90. The molecule has 3 heterocycles. The fourth-order valence-corrected chi connectivity index (χ4v) is 3.70. The zero-order valence-corrected chi connectivity index (χ0v) is 13.2. The maximum Gasteiger partial charge on any atom is 0.129 e. The lowest BCUT2D eigenvalue weighted by Crippen LogP contribution is -2.55. The number of pyridine rings is 1. The Morgan fingerprint density at radius 1 is 1.35 bits per heavy atom. The number of piperazine rings is 1. The van der Waals surface area contributed by atoms with Crippen molar-refractivity contribution in [3.05, 3.63) is 23.4 Å². The van der Waals surface area contributed by atoms with Gasteiger partial charge in [0, 0.05) is 36.7 Å². The summed E-state index contributed by atoms with van der Waals surface area (Å²) in [6, 6.07) is 5.56. The van der Waals surface area contributed by atoms with Crippen LogP contribution in [-0.4, -0.2) is 41.6 Å². The molecule has 0 aromatic carbocycles. The third-order valence-electron chi connectivity index (χ3n) is 4.67. The number of fused-ring (bicyclic) bond motifs is 1. The SMILES string of the molecule is CCc1cc(CCl)cc(N2CC3CCCN3CC2C)n1. The molecule has 3 rings (SSSR count). The lowest BCUT2D eigenvalue weighted by molar-refractivity contribution is 0.202. The van der Waals surface area contributed by atoms with Gasteiger partial charge in [-0.2, -0.15) is 0 Å². The van der Waals surface area contributed by atoms with Gasteiger partial charge in [0.15, 0.2) is 0 Å². The van der Waals surface area contributed by atoms with E-state index < -0.39 is 0 Å². The molecule has 2 atom stereocenters. The van der Waals surface area contributed by atoms with Gasteiger partial charge in [0.2, 0.25) is 0 Å². The fraction of sp³-hybridized carbons (Fsp3) is 0.688. The quantitative estimate of drug-likeness (QED) is 0.799. The number of rotatable bonds is 3. The maximum atomic E-state index is 6.04. The number of alkyl halides is 1. The zero-order chi connectivity index (χ0) is 14.1. The summed E-state index contributed by atoms with van der Waals surface area (Å²) in [6.45, 7) is 8.03. The van der Waals surface area contributed by atoms with Gasteiger partial charge in [-0.25, -0.2) is 4.98 Å². The van der Waals surface area contributed by atoms with E-state index in [1.165, 1.54) is 31.5 Å². The molecular formula is C16H24ClN3. The van der Waals surface area contributed by atoms with E-state index >= 15 is 0 Å². The van der Waals surface area contributed by atoms with Crippen LogP contribution >= 0.6 is 11.6 Å². The molecule has 3 nitrogen and oxygen atoms in total. The summed E-state index contributed by atoms with van der Waals surface area (Å²) >= 11 is 6.04. The van der Waals surface area contributed by atoms with Crippen LogP contribution < -0.4 is 4.90 Å². The van der Waals surface area contributed by atoms with Gasteiger partial charge < -0.3 is 4.90 Å². The van der Waals surface area contributed by atoms with Crippen molar-refractivity contribution >= 4 is 17.4 Å². The van der Waals surface area contributed by atoms with E-state index in [2.05, 4.69) is 35.8 Å². The van der Waals surface area contributed by atoms with Crippen LogP contribution in [0.5, 0.6) is 0 Å². The molecule has 0 saturated carbocycles. The summed E-state index contributed by atoms with van der Waals surface area (Å²) in [6.07, 6.45) is 3.65. The van der Waals surface area contributed by atoms with Crippen molar-refractivity contribution in [2.45, 2.75) is 51.1 Å². The molecule has 20 heavy (non-hydrogen) atoms. The molecule has 2 fully saturated rings. The van der Waals surface area contributed by atoms with Crippen molar-refractivity contribution in [1.82, 2.24) is 9.88 Å². The predicted molar refractivity (Wildman–Crippen MR) is 84.6 cm³/mol. The largest absolute Gasteiger partial charge is 0.351 e. The number of hydrogen-bond acceptors (Lipinski definition) is 3. The van der Waals surface area contributed by atoms with E-state index in [4.69, 9.17) is 16.6 Å². The number of halogens is 1. The highest BCUT2D eigenvalue weighted by Gasteiger charge is 2.34. The monoisotopic (exact) mass is 293 g/mol. The normalized spacial score (nSPS) is 26.9. The van der Waals surface area contributed by atoms with Gasteiger partial charge in [0.1, 0.15) is 5.82 Å². The molecule has 2 aliphatic heterocycles. The summed E-state index contributed by atoms with van der Waals surface area (Å²) < 4.78 is 0. The summed E-state index contributed by atoms with van der Waals surface area (Å²) in [4.78, 5) is 9.97. The van der Waals surface area contributed by atoms with E-state index in [0.717, 1.165) is 30.5 Å². The van der Waals surface area contributed by atoms with Crippen molar-refractivity contribution in [1.29, 1.82) is 0 Å². The number of nitrogens with zero attached hydrogens (tertiary/aromatic N) is 3. The standard InChI is InChI=1S/C16H24ClN3/c1-3-14-7-13(9-17)8-16(18-14)20-11-15-5-4-6-19(15)10-12(20)2/h7-8,12,15H,3-6,9-11H2,1-2H3. The minimum Gasteiger partial charge on any atom is -0.351 e. The maximum absolute atomic E-state index is 6.04. The van der Waals surface area contributed by atoms with E-state index in [9.17, 15) is 0 Å². The highest BCUT2D eigenvalue weighted by Crippen LogP contribution is 2.28. The zero-order valence-electron chi connectivity index (χ0n) is 12.5. The third-order valence-corrected chi connectivity index (χ3v) is 4.98. The Morgan fingerprint density at radius 2 is 2.20 bits per heavy atom. The number of aryl methyl sites for hydroxylation is 1. The molecule has 4 heteroatoms. The van der Waals surface area contributed by atoms with Crippen LogP contribution in [0.25, 0.3) is 0 Å². The van der Waals surface area contributed by atoms with Crippen LogP contribution in [0.4, 0.5) is 5.82 Å². The average Bonchev–Trinajstić information content (AvgIpc) is 2.92. The Bertz CT molecular complexity index is 455. The highest BCUT2D eigenvalue weighted by molar-refractivity contribution is 6.17. The molecular weight excluding hydrogens is 270 g/mol. The summed E-state index contributed by atoms with van der Waals surface area (Å²) in [5.41, 5.74) is 2.34. The number of anilines is 1. The van der Waals surface area contributed by atoms with Crippen molar-refractivity contribution in [3.63, 3.8) is 0 Å². The molecule has 1 aromatic rings. The second-order valence-electron chi connectivity index (χ2n) is 6.10. The minimum atomic E-state index is 0.534. The number of hydrogen-bond donors (Lipinski definition) is 0. The first-order chi connectivity index (χ1) is 9.71. The molecule has 110 valence electrons. The molecule has 0 spiro atoms. The summed E-state index contributed by atoms with van der Waals surface area (Å²) in [7, 11) is 0. The first-order valence-electron chi connectivity index (χ1n) is 7.77. The highest BCUT2D eigenvalue weighted by atomic mass is 35.5. The van der Waals surface area contributed by atoms with Crippen molar-refractivity contribution in [2.24, 2.45) is 0 Å². The number of aromatic nitrogens is 1. The first kappa shape index (κ1) is 14.2. The van der Waals surface area contributed by atoms with Crippen LogP contribution in [0.1, 0.15) is 37.9 Å². The van der Waals surface area contributed by atoms with Gasteiger partial charge in [0.25, 0.3) is 0 Å². The molecule has 0 radical (unpaired) electrons. The van der Waals surface area contributed by atoms with Gasteiger partial charge in [-0.3, -0.25) is 4.90 Å². The fourth-order valence-electron chi connectivity index (χ4n) is 3.55. The molecule has 0 aliphatic carbocycles. The van der Waals surface area contributed by atoms with Gasteiger partial charge in [-0.1, -0.05) is 6.92 Å². The molecule has 0 N–H and O–H groups in total. The smallest absolute Gasteiger partial charge is 0.129 e. The van der Waals surface area contributed by atoms with Gasteiger partial charge in [-0.05, 0) is 50.4 Å². The lowest BCUT2D eigenvalue weighted by atomic mass is 10.1. The average molecular weight is 294 g/mol. The Kier molecular flexibility index (Phi) is 4.18. The van der Waals surface area contributed by atoms with Crippen LogP contribution in [0, 0.1) is 0 Å². The minimum absolute atomic E-state index is 0.534. The molecule has 1 aromatic heterocycles. The van der Waals surface area contributed by atoms with Crippen LogP contribution in [0.15, 0.2) is 12.1 Å². The van der Waals surface area contributed by atoms with Gasteiger partial charge >= 0.3 is 0 Å². The van der Waals surface area contributed by atoms with E-state index in [1.54, 1.807) is 0 Å². The van der Waals surface area contributed by atoms with E-state index in [0.29, 0.717) is 11.9 Å². The lowest BCUT2D eigenvalue weighted by Gasteiger charge is -2.43. The summed E-state index contributed by atoms with van der Waals surface area (Å²) in [5.74, 6) is 1.69. The van der Waals surface area contributed by atoms with Crippen LogP contribution in [0.2, 0.25) is 0 Å². The Morgan fingerprint density at radius 3 is 2.95 bits per heavy atom. The van der Waals surface area contributed by atoms with E-state index in [1.807, 2.05) is 0 Å². The topological polar surface area (TPSA) is 19.4 Å². The molecule has 0 bridgehead atoms. The summed E-state index contributed by atoms with van der Waals surface area (Å²) in [5, 5.41) is 0. The molecule has 2 unspecified atom stereocenters. The molecule has 0 amide bonds. The van der Waals surface area contributed by atoms with Gasteiger partial charge in [0.05, 0.1) is 0 Å². The first-order valence-corrected chi connectivity index (χ1v) is 8.31. The Balaban J connectivity index is 1.87. The van der Waals surface area contributed by atoms with Crippen LogP contribution in [0.3, 0.4) is 0 Å². The molecule has 2 aliphatic rings. The molecule has 2 saturated heterocycles. The van der Waals surface area contributed by atoms with Crippen molar-refractivity contribution < 1.29 is 0 Å². The third kappa shape index (κ3) is 2.66. The Hall–Kier alpha value is -0.800. The Labute approximate surface area is 126 Å². The second-order valence-corrected chi connectivity index (χ2v) is 6.37. The predicted octanol–water partition coefficient (Wildman–Crippen LogP) is 3.06. The van der Waals surface area contributed by atoms with Crippen LogP contribution in [-0.2, 0) is 12.3 Å². The van der Waals surface area contributed by atoms with Crippen molar-refractivity contribution in [2.75, 3.05) is 24.5 Å².